The second-order valence-corrected chi connectivity index (χ2v) is 4.28. The summed E-state index contributed by atoms with van der Waals surface area (Å²) >= 11 is 0. The van der Waals surface area contributed by atoms with Crippen LogP contribution in [0, 0.1) is 11.5 Å². The van der Waals surface area contributed by atoms with Crippen molar-refractivity contribution in [3.63, 3.8) is 0 Å². The van der Waals surface area contributed by atoms with Crippen LogP contribution in [0.2, 0.25) is 0 Å². The molecule has 7 heteroatoms. The second kappa shape index (κ2) is 4.06. The summed E-state index contributed by atoms with van der Waals surface area (Å²) in [6.07, 6.45) is 1.34. The average Bonchev–Trinajstić information content (AvgIpc) is 2.17. The molecule has 0 aromatic heterocycles. The summed E-state index contributed by atoms with van der Waals surface area (Å²) < 4.78 is 29.5. The molecule has 0 unspecified atom stereocenters. The van der Waals surface area contributed by atoms with Crippen LogP contribution in [0.3, 0.4) is 0 Å². The fraction of sp³-hybridized carbons (Fsp3) is 0.125. The maximum Gasteiger partial charge on any atom is 0.273 e. The largest absolute Gasteiger partial charge is 0.495 e. The molecular weight excluding hydrogens is 218 g/mol. The van der Waals surface area contributed by atoms with Gasteiger partial charge in [0, 0.05) is 5.69 Å². The predicted molar refractivity (Wildman–Crippen MR) is 53.3 cm³/mol. The van der Waals surface area contributed by atoms with E-state index in [1.807, 2.05) is 0 Å². The molecule has 0 saturated heterocycles. The summed E-state index contributed by atoms with van der Waals surface area (Å²) in [6.45, 7) is 0. The fourth-order valence-corrected chi connectivity index (χ4v) is 1.96. The molecule has 1 aromatic carbocycles. The Morgan fingerprint density at radius 1 is 1.53 bits per heavy atom. The van der Waals surface area contributed by atoms with Crippen molar-refractivity contribution in [2.45, 2.75) is 4.90 Å². The number of hydrogen-bond donors (Lipinski definition) is 2. The van der Waals surface area contributed by atoms with E-state index in [4.69, 9.17) is 15.7 Å². The van der Waals surface area contributed by atoms with Gasteiger partial charge in [0.1, 0.15) is 10.6 Å². The highest BCUT2D eigenvalue weighted by molar-refractivity contribution is 7.89. The molecule has 0 heterocycles. The van der Waals surface area contributed by atoms with Gasteiger partial charge < -0.3 is 10.5 Å². The van der Waals surface area contributed by atoms with Gasteiger partial charge in [0.15, 0.2) is 6.19 Å². The summed E-state index contributed by atoms with van der Waals surface area (Å²) in [5.41, 5.74) is 5.72. The first-order chi connectivity index (χ1) is 7.01. The molecule has 3 N–H and O–H groups in total. The summed E-state index contributed by atoms with van der Waals surface area (Å²) in [4.78, 5) is -0.161. The van der Waals surface area contributed by atoms with Crippen LogP contribution < -0.4 is 15.2 Å². The van der Waals surface area contributed by atoms with E-state index in [2.05, 4.69) is 0 Å². The van der Waals surface area contributed by atoms with Crippen molar-refractivity contribution in [3.8, 4) is 11.9 Å². The molecule has 80 valence electrons. The third-order valence-electron chi connectivity index (χ3n) is 1.66. The summed E-state index contributed by atoms with van der Waals surface area (Å²) in [5.74, 6) is 0.131. The van der Waals surface area contributed by atoms with Crippen molar-refractivity contribution in [2.75, 3.05) is 12.8 Å². The number of hydrogen-bond acceptors (Lipinski definition) is 5. The first kappa shape index (κ1) is 11.1. The molecule has 0 radical (unpaired) electrons. The third kappa shape index (κ3) is 2.30. The van der Waals surface area contributed by atoms with Crippen LogP contribution >= 0.6 is 0 Å². The molecule has 0 bridgehead atoms. The molecule has 0 aliphatic carbocycles. The maximum absolute atomic E-state index is 11.5. The van der Waals surface area contributed by atoms with Gasteiger partial charge in [-0.25, -0.2) is 13.1 Å². The number of ether oxygens (including phenoxy) is 1. The van der Waals surface area contributed by atoms with Gasteiger partial charge in [-0.2, -0.15) is 5.26 Å². The highest BCUT2D eigenvalue weighted by atomic mass is 32.2. The summed E-state index contributed by atoms with van der Waals surface area (Å²) in [5, 5.41) is 8.28. The van der Waals surface area contributed by atoms with E-state index in [1.54, 1.807) is 4.72 Å². The Balaban J connectivity index is 3.36. The van der Waals surface area contributed by atoms with Crippen molar-refractivity contribution in [3.05, 3.63) is 18.2 Å². The molecule has 0 aliphatic heterocycles. The van der Waals surface area contributed by atoms with E-state index >= 15 is 0 Å². The Morgan fingerprint density at radius 2 is 2.20 bits per heavy atom. The zero-order chi connectivity index (χ0) is 11.5. The van der Waals surface area contributed by atoms with E-state index < -0.39 is 10.0 Å². The zero-order valence-electron chi connectivity index (χ0n) is 7.89. The van der Waals surface area contributed by atoms with Gasteiger partial charge in [-0.15, -0.1) is 0 Å². The quantitative estimate of drug-likeness (QED) is 0.431. The average molecular weight is 227 g/mol. The van der Waals surface area contributed by atoms with Gasteiger partial charge in [-0.1, -0.05) is 0 Å². The Kier molecular flexibility index (Phi) is 3.01. The molecule has 0 saturated carbocycles. The third-order valence-corrected chi connectivity index (χ3v) is 2.92. The highest BCUT2D eigenvalue weighted by Crippen LogP contribution is 2.25. The van der Waals surface area contributed by atoms with Crippen LogP contribution in [0.15, 0.2) is 23.1 Å². The zero-order valence-corrected chi connectivity index (χ0v) is 8.71. The first-order valence-electron chi connectivity index (χ1n) is 3.85. The lowest BCUT2D eigenvalue weighted by Gasteiger charge is -2.08. The van der Waals surface area contributed by atoms with Gasteiger partial charge in [-0.05, 0) is 18.2 Å². The van der Waals surface area contributed by atoms with Crippen LogP contribution in [0.25, 0.3) is 0 Å². The number of nitriles is 1. The normalized spacial score (nSPS) is 10.4. The summed E-state index contributed by atoms with van der Waals surface area (Å²) in [6, 6.07) is 4.14. The molecule has 15 heavy (non-hydrogen) atoms. The van der Waals surface area contributed by atoms with Gasteiger partial charge in [0.2, 0.25) is 0 Å². The fourth-order valence-electron chi connectivity index (χ4n) is 1.02. The van der Waals surface area contributed by atoms with E-state index in [1.165, 1.54) is 31.5 Å². The molecule has 6 nitrogen and oxygen atoms in total. The van der Waals surface area contributed by atoms with Gasteiger partial charge in [0.05, 0.1) is 7.11 Å². The Hall–Kier alpha value is -1.94. The van der Waals surface area contributed by atoms with Crippen LogP contribution in [-0.4, -0.2) is 15.5 Å². The van der Waals surface area contributed by atoms with Crippen LogP contribution in [-0.2, 0) is 10.0 Å². The highest BCUT2D eigenvalue weighted by Gasteiger charge is 2.18. The van der Waals surface area contributed by atoms with Gasteiger partial charge in [-0.3, -0.25) is 0 Å². The molecular formula is C8H9N3O3S. The number of methoxy groups -OCH3 is 1. The van der Waals surface area contributed by atoms with Crippen LogP contribution in [0.1, 0.15) is 0 Å². The van der Waals surface area contributed by atoms with Crippen LogP contribution in [0.5, 0.6) is 5.75 Å². The van der Waals surface area contributed by atoms with Crippen molar-refractivity contribution >= 4 is 15.7 Å². The Bertz CT molecular complexity index is 504. The monoisotopic (exact) mass is 227 g/mol. The number of anilines is 1. The summed E-state index contributed by atoms with van der Waals surface area (Å²) in [7, 11) is -2.56. The standard InChI is InChI=1S/C8H9N3O3S/c1-14-7-3-2-6(10)4-8(7)15(12,13)11-5-9/h2-4,11H,10H2,1H3. The molecule has 1 rings (SSSR count). The lowest BCUT2D eigenvalue weighted by molar-refractivity contribution is 0.402. The second-order valence-electron chi connectivity index (χ2n) is 2.63. The molecule has 0 atom stereocenters. The van der Waals surface area contributed by atoms with E-state index in [0.717, 1.165) is 0 Å². The lowest BCUT2D eigenvalue weighted by atomic mass is 10.3. The topological polar surface area (TPSA) is 105 Å². The number of benzene rings is 1. The van der Waals surface area contributed by atoms with Gasteiger partial charge in [0.25, 0.3) is 10.0 Å². The molecule has 0 aliphatic rings. The Labute approximate surface area is 87.3 Å². The SMILES string of the molecule is COc1ccc(N)cc1S(=O)(=O)NC#N. The molecule has 1 aromatic rings. The van der Waals surface area contributed by atoms with Crippen molar-refractivity contribution in [2.24, 2.45) is 0 Å². The molecule has 0 amide bonds. The smallest absolute Gasteiger partial charge is 0.273 e. The van der Waals surface area contributed by atoms with E-state index in [9.17, 15) is 8.42 Å². The minimum Gasteiger partial charge on any atom is -0.495 e. The molecule has 0 fully saturated rings. The van der Waals surface area contributed by atoms with E-state index in [0.29, 0.717) is 0 Å². The van der Waals surface area contributed by atoms with Crippen molar-refractivity contribution in [1.82, 2.24) is 4.72 Å². The number of nitrogen functional groups attached to an aromatic ring is 1. The number of nitrogens with zero attached hydrogens (tertiary/aromatic N) is 1. The minimum atomic E-state index is -3.89. The lowest BCUT2D eigenvalue weighted by Crippen LogP contribution is -2.19. The molecule has 0 spiro atoms. The predicted octanol–water partition coefficient (Wildman–Crippen LogP) is 0.0368. The van der Waals surface area contributed by atoms with E-state index in [-0.39, 0.29) is 16.3 Å². The van der Waals surface area contributed by atoms with Gasteiger partial charge >= 0.3 is 0 Å². The number of rotatable bonds is 3. The first-order valence-corrected chi connectivity index (χ1v) is 5.34. The number of nitrogens with one attached hydrogen (secondary N) is 1. The Morgan fingerprint density at radius 3 is 2.73 bits per heavy atom. The number of nitrogens with two attached hydrogens (primary N) is 1. The van der Waals surface area contributed by atoms with Crippen LogP contribution in [0.4, 0.5) is 5.69 Å². The van der Waals surface area contributed by atoms with Crippen molar-refractivity contribution in [1.29, 1.82) is 5.26 Å². The van der Waals surface area contributed by atoms with Crippen molar-refractivity contribution < 1.29 is 13.2 Å². The number of sulfonamides is 1. The minimum absolute atomic E-state index is 0.131. The maximum atomic E-state index is 11.5.